The van der Waals surface area contributed by atoms with E-state index in [-0.39, 0.29) is 12.0 Å². The van der Waals surface area contributed by atoms with Crippen molar-refractivity contribution < 1.29 is 14.3 Å². The second-order valence-corrected chi connectivity index (χ2v) is 6.76. The van der Waals surface area contributed by atoms with Crippen LogP contribution in [0, 0.1) is 6.92 Å². The summed E-state index contributed by atoms with van der Waals surface area (Å²) in [4.78, 5) is 16.4. The van der Waals surface area contributed by atoms with Crippen molar-refractivity contribution >= 4 is 17.2 Å². The van der Waals surface area contributed by atoms with E-state index >= 15 is 0 Å². The van der Waals surface area contributed by atoms with Crippen molar-refractivity contribution in [2.45, 2.75) is 39.9 Å². The molecule has 5 nitrogen and oxygen atoms in total. The first kappa shape index (κ1) is 18.4. The van der Waals surface area contributed by atoms with Crippen molar-refractivity contribution in [1.82, 2.24) is 10.3 Å². The Hall–Kier alpha value is -1.92. The van der Waals surface area contributed by atoms with Crippen molar-refractivity contribution in [2.24, 2.45) is 0 Å². The summed E-state index contributed by atoms with van der Waals surface area (Å²) in [6.45, 7) is 7.66. The molecular weight excluding hydrogens is 324 g/mol. The van der Waals surface area contributed by atoms with Gasteiger partial charge in [-0.05, 0) is 51.5 Å². The van der Waals surface area contributed by atoms with Gasteiger partial charge in [-0.2, -0.15) is 0 Å². The highest BCUT2D eigenvalue weighted by atomic mass is 32.1. The number of hydrogen-bond donors (Lipinski definition) is 1. The van der Waals surface area contributed by atoms with Gasteiger partial charge in [0.05, 0.1) is 16.8 Å². The van der Waals surface area contributed by atoms with E-state index in [0.717, 1.165) is 22.9 Å². The molecule has 0 radical (unpaired) electrons. The normalized spacial score (nSPS) is 10.8. The molecule has 1 aromatic carbocycles. The minimum Gasteiger partial charge on any atom is -0.487 e. The molecule has 130 valence electrons. The third-order valence-corrected chi connectivity index (χ3v) is 4.05. The summed E-state index contributed by atoms with van der Waals surface area (Å²) in [5.41, 5.74) is 1.54. The average Bonchev–Trinajstić information content (AvgIpc) is 2.98. The molecule has 0 aliphatic carbocycles. The third kappa shape index (κ3) is 6.29. The van der Waals surface area contributed by atoms with E-state index < -0.39 is 0 Å². The maximum Gasteiger partial charge on any atom is 0.251 e. The Labute approximate surface area is 147 Å². The summed E-state index contributed by atoms with van der Waals surface area (Å²) in [5, 5.41) is 5.90. The molecule has 0 aliphatic rings. The first-order valence-electron chi connectivity index (χ1n) is 8.08. The fourth-order valence-electron chi connectivity index (χ4n) is 2.03. The molecule has 2 rings (SSSR count). The number of nitrogens with zero attached hydrogens (tertiary/aromatic N) is 1. The Morgan fingerprint density at radius 1 is 1.29 bits per heavy atom. The van der Waals surface area contributed by atoms with Crippen LogP contribution >= 0.6 is 11.3 Å². The molecule has 1 N–H and O–H groups in total. The molecule has 0 saturated heterocycles. The first-order chi connectivity index (χ1) is 11.5. The molecule has 24 heavy (non-hydrogen) atoms. The zero-order valence-corrected chi connectivity index (χ0v) is 15.2. The predicted molar refractivity (Wildman–Crippen MR) is 95.7 cm³/mol. The lowest BCUT2D eigenvalue weighted by Crippen LogP contribution is -2.25. The number of aryl methyl sites for hydroxylation is 1. The lowest BCUT2D eigenvalue weighted by Gasteiger charge is -2.09. The third-order valence-electron chi connectivity index (χ3n) is 3.23. The maximum absolute atomic E-state index is 12.0. The van der Waals surface area contributed by atoms with Gasteiger partial charge >= 0.3 is 0 Å². The molecule has 2 aromatic rings. The molecule has 0 saturated carbocycles. The largest absolute Gasteiger partial charge is 0.487 e. The number of carbonyl (C=O) groups is 1. The number of amides is 1. The summed E-state index contributed by atoms with van der Waals surface area (Å²) >= 11 is 1.61. The van der Waals surface area contributed by atoms with Crippen LogP contribution in [0.5, 0.6) is 5.75 Å². The molecule has 0 aliphatic heterocycles. The van der Waals surface area contributed by atoms with Crippen LogP contribution in [0.25, 0.3) is 0 Å². The maximum atomic E-state index is 12.0. The summed E-state index contributed by atoms with van der Waals surface area (Å²) in [6.07, 6.45) is 1.03. The second kappa shape index (κ2) is 9.39. The highest BCUT2D eigenvalue weighted by molar-refractivity contribution is 7.09. The Balaban J connectivity index is 1.73. The van der Waals surface area contributed by atoms with Crippen molar-refractivity contribution in [3.63, 3.8) is 0 Å². The van der Waals surface area contributed by atoms with E-state index in [1.54, 1.807) is 35.6 Å². The zero-order chi connectivity index (χ0) is 17.4. The van der Waals surface area contributed by atoms with Crippen LogP contribution < -0.4 is 10.1 Å². The predicted octanol–water partition coefficient (Wildman–Crippen LogP) is 3.58. The van der Waals surface area contributed by atoms with Gasteiger partial charge in [0.25, 0.3) is 5.91 Å². The van der Waals surface area contributed by atoms with E-state index in [1.165, 1.54) is 0 Å². The highest BCUT2D eigenvalue weighted by Crippen LogP contribution is 2.15. The number of benzene rings is 1. The van der Waals surface area contributed by atoms with Crippen molar-refractivity contribution in [3.05, 3.63) is 45.9 Å². The minimum atomic E-state index is -0.0822. The van der Waals surface area contributed by atoms with Crippen LogP contribution in [0.1, 0.15) is 41.3 Å². The monoisotopic (exact) mass is 348 g/mol. The quantitative estimate of drug-likeness (QED) is 0.704. The number of ether oxygens (including phenoxy) is 2. The highest BCUT2D eigenvalue weighted by Gasteiger charge is 2.06. The van der Waals surface area contributed by atoms with Gasteiger partial charge < -0.3 is 14.8 Å². The van der Waals surface area contributed by atoms with E-state index in [4.69, 9.17) is 9.47 Å². The summed E-state index contributed by atoms with van der Waals surface area (Å²) < 4.78 is 11.1. The second-order valence-electron chi connectivity index (χ2n) is 5.70. The zero-order valence-electron chi connectivity index (χ0n) is 14.4. The average molecular weight is 348 g/mol. The number of hydrogen-bond acceptors (Lipinski definition) is 5. The summed E-state index contributed by atoms with van der Waals surface area (Å²) in [5.74, 6) is 0.642. The van der Waals surface area contributed by atoms with E-state index in [0.29, 0.717) is 25.3 Å². The fraction of sp³-hybridized carbons (Fsp3) is 0.444. The van der Waals surface area contributed by atoms with Gasteiger partial charge in [0.1, 0.15) is 12.4 Å². The van der Waals surface area contributed by atoms with Gasteiger partial charge in [-0.1, -0.05) is 0 Å². The summed E-state index contributed by atoms with van der Waals surface area (Å²) in [6, 6.07) is 7.13. The topological polar surface area (TPSA) is 60.5 Å². The van der Waals surface area contributed by atoms with Crippen LogP contribution in [-0.4, -0.2) is 30.1 Å². The lowest BCUT2D eigenvalue weighted by molar-refractivity contribution is 0.0757. The van der Waals surface area contributed by atoms with Crippen LogP contribution in [-0.2, 0) is 11.3 Å². The van der Waals surface area contributed by atoms with Crippen molar-refractivity contribution in [1.29, 1.82) is 0 Å². The molecule has 6 heteroatoms. The number of carbonyl (C=O) groups excluding carboxylic acids is 1. The van der Waals surface area contributed by atoms with E-state index in [9.17, 15) is 4.79 Å². The number of aromatic nitrogens is 1. The Kier molecular flexibility index (Phi) is 7.21. The lowest BCUT2D eigenvalue weighted by atomic mass is 10.2. The first-order valence-corrected chi connectivity index (χ1v) is 8.96. The molecule has 1 amide bonds. The molecule has 0 atom stereocenters. The minimum absolute atomic E-state index is 0.0822. The van der Waals surface area contributed by atoms with Crippen LogP contribution in [0.4, 0.5) is 0 Å². The molecular formula is C18H24N2O3S. The number of thiazole rings is 1. The smallest absolute Gasteiger partial charge is 0.251 e. The fourth-order valence-corrected chi connectivity index (χ4v) is 2.63. The standard InChI is InChI=1S/C18H24N2O3S/c1-13(2)22-10-4-9-19-18(21)15-5-7-17(8-6-15)23-11-16-12-24-14(3)20-16/h5-8,12-13H,4,9-11H2,1-3H3,(H,19,21). The Morgan fingerprint density at radius 3 is 2.67 bits per heavy atom. The Bertz CT molecular complexity index is 638. The van der Waals surface area contributed by atoms with Gasteiger partial charge in [-0.3, -0.25) is 4.79 Å². The van der Waals surface area contributed by atoms with E-state index in [2.05, 4.69) is 10.3 Å². The van der Waals surface area contributed by atoms with Crippen molar-refractivity contribution in [2.75, 3.05) is 13.2 Å². The van der Waals surface area contributed by atoms with E-state index in [1.807, 2.05) is 26.2 Å². The molecule has 0 bridgehead atoms. The number of rotatable bonds is 9. The van der Waals surface area contributed by atoms with Gasteiger partial charge in [0.2, 0.25) is 0 Å². The Morgan fingerprint density at radius 2 is 2.04 bits per heavy atom. The summed E-state index contributed by atoms with van der Waals surface area (Å²) in [7, 11) is 0. The van der Waals surface area contributed by atoms with Gasteiger partial charge in [0, 0.05) is 24.1 Å². The number of nitrogens with one attached hydrogen (secondary N) is 1. The van der Waals surface area contributed by atoms with Crippen LogP contribution in [0.2, 0.25) is 0 Å². The molecule has 0 unspecified atom stereocenters. The SMILES string of the molecule is Cc1nc(COc2ccc(C(=O)NCCCOC(C)C)cc2)cs1. The molecule has 1 aromatic heterocycles. The van der Waals surface area contributed by atoms with Gasteiger partial charge in [-0.25, -0.2) is 4.98 Å². The molecule has 0 spiro atoms. The molecule has 0 fully saturated rings. The molecule has 1 heterocycles. The van der Waals surface area contributed by atoms with Gasteiger partial charge in [0.15, 0.2) is 0 Å². The van der Waals surface area contributed by atoms with Gasteiger partial charge in [-0.15, -0.1) is 11.3 Å². The van der Waals surface area contributed by atoms with Crippen LogP contribution in [0.15, 0.2) is 29.6 Å². The van der Waals surface area contributed by atoms with Crippen molar-refractivity contribution in [3.8, 4) is 5.75 Å². The van der Waals surface area contributed by atoms with Crippen LogP contribution in [0.3, 0.4) is 0 Å².